The predicted octanol–water partition coefficient (Wildman–Crippen LogP) is 5.07. The van der Waals surface area contributed by atoms with Gasteiger partial charge in [-0.1, -0.05) is 6.07 Å². The smallest absolute Gasteiger partial charge is 0.453 e. The maximum atomic E-state index is 14.0. The van der Waals surface area contributed by atoms with Crippen molar-refractivity contribution in [2.75, 3.05) is 26.3 Å². The number of hydrogen-bond donors (Lipinski definition) is 1. The van der Waals surface area contributed by atoms with E-state index in [4.69, 9.17) is 13.9 Å². The Labute approximate surface area is 188 Å². The number of alkyl halides is 3. The zero-order valence-electron chi connectivity index (χ0n) is 18.5. The number of phenols is 1. The van der Waals surface area contributed by atoms with E-state index in [0.29, 0.717) is 31.9 Å². The molecule has 1 aliphatic rings. The van der Waals surface area contributed by atoms with E-state index in [1.54, 1.807) is 19.9 Å². The second kappa shape index (κ2) is 8.72. The molecule has 33 heavy (non-hydrogen) atoms. The van der Waals surface area contributed by atoms with Crippen molar-refractivity contribution < 1.29 is 32.2 Å². The molecule has 2 aromatic carbocycles. The third kappa shape index (κ3) is 4.56. The maximum Gasteiger partial charge on any atom is 0.453 e. The zero-order chi connectivity index (χ0) is 23.9. The Hall–Kier alpha value is -3.04. The number of morpholine rings is 1. The summed E-state index contributed by atoms with van der Waals surface area (Å²) in [7, 11) is 0. The molecule has 0 radical (unpaired) electrons. The maximum absolute atomic E-state index is 14.0. The SMILES string of the molecule is Cc1cc(C)c(C)c(Oc2c(C(F)(F)F)oc3c(CN4CCOCC4)c(O)ccc3c2=O)c1. The van der Waals surface area contributed by atoms with Crippen LogP contribution >= 0.6 is 0 Å². The van der Waals surface area contributed by atoms with Crippen molar-refractivity contribution in [3.05, 3.63) is 62.5 Å². The lowest BCUT2D eigenvalue weighted by Gasteiger charge is -2.27. The number of ether oxygens (including phenoxy) is 2. The Morgan fingerprint density at radius 1 is 1.12 bits per heavy atom. The van der Waals surface area contributed by atoms with Crippen molar-refractivity contribution >= 4 is 11.0 Å². The first kappa shape index (κ1) is 23.1. The van der Waals surface area contributed by atoms with E-state index in [1.807, 2.05) is 17.9 Å². The van der Waals surface area contributed by atoms with Crippen molar-refractivity contribution in [3.8, 4) is 17.2 Å². The van der Waals surface area contributed by atoms with Crippen LogP contribution in [0.5, 0.6) is 17.2 Å². The molecule has 0 saturated carbocycles. The van der Waals surface area contributed by atoms with Gasteiger partial charge >= 0.3 is 6.18 Å². The van der Waals surface area contributed by atoms with Gasteiger partial charge in [-0.25, -0.2) is 0 Å². The van der Waals surface area contributed by atoms with Crippen LogP contribution in [0.2, 0.25) is 0 Å². The summed E-state index contributed by atoms with van der Waals surface area (Å²) >= 11 is 0. The minimum atomic E-state index is -4.99. The zero-order valence-corrected chi connectivity index (χ0v) is 18.5. The number of aromatic hydroxyl groups is 1. The second-order valence-corrected chi connectivity index (χ2v) is 8.22. The number of fused-ring (bicyclic) bond motifs is 1. The normalized spacial score (nSPS) is 15.2. The summed E-state index contributed by atoms with van der Waals surface area (Å²) in [6.07, 6.45) is -4.99. The lowest BCUT2D eigenvalue weighted by Crippen LogP contribution is -2.35. The fourth-order valence-corrected chi connectivity index (χ4v) is 3.92. The monoisotopic (exact) mass is 463 g/mol. The van der Waals surface area contributed by atoms with Crippen LogP contribution in [0.4, 0.5) is 13.2 Å². The molecular formula is C24H24F3NO5. The second-order valence-electron chi connectivity index (χ2n) is 8.22. The van der Waals surface area contributed by atoms with Crippen molar-refractivity contribution in [1.82, 2.24) is 4.90 Å². The van der Waals surface area contributed by atoms with E-state index < -0.39 is 23.1 Å². The molecule has 1 aliphatic heterocycles. The van der Waals surface area contributed by atoms with Crippen LogP contribution in [0.1, 0.15) is 28.0 Å². The van der Waals surface area contributed by atoms with Gasteiger partial charge in [0.2, 0.25) is 11.2 Å². The molecule has 1 saturated heterocycles. The Kier molecular flexibility index (Phi) is 6.11. The Bertz CT molecular complexity index is 1260. The average molecular weight is 463 g/mol. The lowest BCUT2D eigenvalue weighted by molar-refractivity contribution is -0.154. The molecular weight excluding hydrogens is 439 g/mol. The van der Waals surface area contributed by atoms with Crippen molar-refractivity contribution in [1.29, 1.82) is 0 Å². The number of halogens is 3. The molecule has 0 amide bonds. The highest BCUT2D eigenvalue weighted by Crippen LogP contribution is 2.41. The predicted molar refractivity (Wildman–Crippen MR) is 116 cm³/mol. The highest BCUT2D eigenvalue weighted by molar-refractivity contribution is 5.83. The fraction of sp³-hybridized carbons (Fsp3) is 0.375. The summed E-state index contributed by atoms with van der Waals surface area (Å²) < 4.78 is 58.2. The topological polar surface area (TPSA) is 72.1 Å². The van der Waals surface area contributed by atoms with Gasteiger partial charge < -0.3 is 19.0 Å². The summed E-state index contributed by atoms with van der Waals surface area (Å²) in [5, 5.41) is 10.3. The first-order chi connectivity index (χ1) is 15.6. The molecule has 176 valence electrons. The van der Waals surface area contributed by atoms with Gasteiger partial charge in [0.15, 0.2) is 0 Å². The van der Waals surface area contributed by atoms with Crippen LogP contribution in [-0.2, 0) is 17.5 Å². The molecule has 0 spiro atoms. The van der Waals surface area contributed by atoms with Gasteiger partial charge in [-0.05, 0) is 55.7 Å². The van der Waals surface area contributed by atoms with E-state index in [9.17, 15) is 23.1 Å². The fourth-order valence-electron chi connectivity index (χ4n) is 3.92. The van der Waals surface area contributed by atoms with E-state index in [-0.39, 0.29) is 34.6 Å². The van der Waals surface area contributed by atoms with E-state index >= 15 is 0 Å². The van der Waals surface area contributed by atoms with E-state index in [1.165, 1.54) is 12.1 Å². The number of rotatable bonds is 4. The van der Waals surface area contributed by atoms with Gasteiger partial charge in [-0.15, -0.1) is 0 Å². The van der Waals surface area contributed by atoms with Crippen molar-refractivity contribution in [3.63, 3.8) is 0 Å². The minimum absolute atomic E-state index is 0.0962. The number of benzene rings is 2. The third-order valence-corrected chi connectivity index (χ3v) is 5.82. The van der Waals surface area contributed by atoms with Crippen molar-refractivity contribution in [2.24, 2.45) is 0 Å². The molecule has 6 nitrogen and oxygen atoms in total. The van der Waals surface area contributed by atoms with Gasteiger partial charge in [0.1, 0.15) is 17.1 Å². The standard InChI is InChI=1S/C24H24F3NO5/c1-13-10-14(2)15(3)19(11-13)32-22-20(30)16-4-5-18(29)17(12-28-6-8-31-9-7-28)21(16)33-23(22)24(25,26)27/h4-5,10-11,29H,6-9,12H2,1-3H3. The van der Waals surface area contributed by atoms with Crippen LogP contribution in [0.25, 0.3) is 11.0 Å². The van der Waals surface area contributed by atoms with Crippen molar-refractivity contribution in [2.45, 2.75) is 33.5 Å². The molecule has 2 heterocycles. The average Bonchev–Trinajstić information content (AvgIpc) is 2.75. The van der Waals surface area contributed by atoms with Gasteiger partial charge in [-0.3, -0.25) is 9.69 Å². The number of hydrogen-bond acceptors (Lipinski definition) is 6. The molecule has 3 aromatic rings. The lowest BCUT2D eigenvalue weighted by atomic mass is 10.1. The number of nitrogens with zero attached hydrogens (tertiary/aromatic N) is 1. The van der Waals surface area contributed by atoms with Crippen LogP contribution < -0.4 is 10.2 Å². The third-order valence-electron chi connectivity index (χ3n) is 5.82. The molecule has 9 heteroatoms. The van der Waals surface area contributed by atoms with Crippen LogP contribution in [0.3, 0.4) is 0 Å². The van der Waals surface area contributed by atoms with Crippen LogP contribution in [0.15, 0.2) is 33.5 Å². The highest BCUT2D eigenvalue weighted by Gasteiger charge is 2.41. The molecule has 0 atom stereocenters. The van der Waals surface area contributed by atoms with Gasteiger partial charge in [-0.2, -0.15) is 13.2 Å². The Balaban J connectivity index is 1.91. The summed E-state index contributed by atoms with van der Waals surface area (Å²) in [5.74, 6) is -2.56. The minimum Gasteiger partial charge on any atom is -0.507 e. The van der Waals surface area contributed by atoms with Gasteiger partial charge in [0.05, 0.1) is 24.2 Å². The summed E-state index contributed by atoms with van der Waals surface area (Å²) in [5.41, 5.74) is 1.08. The van der Waals surface area contributed by atoms with Crippen LogP contribution in [0, 0.1) is 20.8 Å². The molecule has 1 fully saturated rings. The summed E-state index contributed by atoms with van der Waals surface area (Å²) in [4.78, 5) is 15.1. The van der Waals surface area contributed by atoms with E-state index in [2.05, 4.69) is 0 Å². The first-order valence-corrected chi connectivity index (χ1v) is 10.5. The molecule has 1 N–H and O–H groups in total. The van der Waals surface area contributed by atoms with E-state index in [0.717, 1.165) is 11.1 Å². The molecule has 0 bridgehead atoms. The highest BCUT2D eigenvalue weighted by atomic mass is 19.4. The summed E-state index contributed by atoms with van der Waals surface area (Å²) in [6.45, 7) is 7.43. The first-order valence-electron chi connectivity index (χ1n) is 10.5. The Morgan fingerprint density at radius 2 is 1.82 bits per heavy atom. The largest absolute Gasteiger partial charge is 0.507 e. The molecule has 0 unspecified atom stereocenters. The van der Waals surface area contributed by atoms with Crippen LogP contribution in [-0.4, -0.2) is 36.3 Å². The molecule has 0 aliphatic carbocycles. The quantitative estimate of drug-likeness (QED) is 0.583. The molecule has 4 rings (SSSR count). The van der Waals surface area contributed by atoms with Gasteiger partial charge in [0.25, 0.3) is 5.76 Å². The summed E-state index contributed by atoms with van der Waals surface area (Å²) in [6, 6.07) is 5.98. The Morgan fingerprint density at radius 3 is 2.48 bits per heavy atom. The number of phenolic OH excluding ortho intramolecular Hbond substituents is 1. The number of aryl methyl sites for hydroxylation is 2. The van der Waals surface area contributed by atoms with Gasteiger partial charge in [0, 0.05) is 19.6 Å². The molecule has 1 aromatic heterocycles.